The molecule has 0 amide bonds. The highest BCUT2D eigenvalue weighted by Crippen LogP contribution is 2.37. The van der Waals surface area contributed by atoms with Crippen molar-refractivity contribution >= 4 is 32.6 Å². The Kier molecular flexibility index (Phi) is 5.46. The highest BCUT2D eigenvalue weighted by Gasteiger charge is 2.13. The van der Waals surface area contributed by atoms with Crippen LogP contribution < -0.4 is 0 Å². The Hall–Kier alpha value is -5.54. The lowest BCUT2D eigenvalue weighted by molar-refractivity contribution is 0.620. The van der Waals surface area contributed by atoms with Crippen LogP contribution in [-0.4, -0.2) is 9.97 Å². The first-order valence-corrected chi connectivity index (χ1v) is 13.7. The van der Waals surface area contributed by atoms with E-state index in [9.17, 15) is 0 Å². The van der Waals surface area contributed by atoms with Gasteiger partial charge in [-0.3, -0.25) is 4.98 Å². The van der Waals surface area contributed by atoms with Gasteiger partial charge in [0.15, 0.2) is 5.58 Å². The van der Waals surface area contributed by atoms with Crippen molar-refractivity contribution in [2.24, 2.45) is 0 Å². The summed E-state index contributed by atoms with van der Waals surface area (Å²) in [6.07, 6.45) is 3.69. The molecule has 0 atom stereocenters. The van der Waals surface area contributed by atoms with Crippen LogP contribution in [0.1, 0.15) is 0 Å². The van der Waals surface area contributed by atoms with Crippen LogP contribution in [0, 0.1) is 0 Å². The van der Waals surface area contributed by atoms with E-state index in [1.165, 1.54) is 27.1 Å². The summed E-state index contributed by atoms with van der Waals surface area (Å²) in [7, 11) is 0. The van der Waals surface area contributed by atoms with E-state index in [0.717, 1.165) is 44.5 Å². The summed E-state index contributed by atoms with van der Waals surface area (Å²) in [5.74, 6) is 0.621. The molecule has 8 rings (SSSR count). The molecule has 0 aliphatic rings. The molecule has 8 aromatic rings. The number of pyridine rings is 1. The van der Waals surface area contributed by atoms with Gasteiger partial charge in [-0.25, -0.2) is 4.98 Å². The molecule has 3 heteroatoms. The minimum absolute atomic E-state index is 0.621. The fourth-order valence-electron chi connectivity index (χ4n) is 5.73. The van der Waals surface area contributed by atoms with Crippen molar-refractivity contribution in [2.75, 3.05) is 0 Å². The first kappa shape index (κ1) is 23.4. The van der Waals surface area contributed by atoms with Crippen molar-refractivity contribution in [3.8, 4) is 44.8 Å². The third-order valence-electron chi connectivity index (χ3n) is 7.79. The molecular weight excluding hydrogens is 500 g/mol. The highest BCUT2D eigenvalue weighted by atomic mass is 16.3. The van der Waals surface area contributed by atoms with Crippen molar-refractivity contribution in [1.82, 2.24) is 9.97 Å². The van der Waals surface area contributed by atoms with Gasteiger partial charge >= 0.3 is 0 Å². The lowest BCUT2D eigenvalue weighted by Crippen LogP contribution is -1.84. The van der Waals surface area contributed by atoms with Crippen LogP contribution in [0.15, 0.2) is 150 Å². The largest absolute Gasteiger partial charge is 0.436 e. The smallest absolute Gasteiger partial charge is 0.227 e. The zero-order chi connectivity index (χ0) is 27.2. The third-order valence-corrected chi connectivity index (χ3v) is 7.79. The zero-order valence-corrected chi connectivity index (χ0v) is 22.2. The number of hydrogen-bond acceptors (Lipinski definition) is 3. The van der Waals surface area contributed by atoms with Gasteiger partial charge in [0.05, 0.1) is 0 Å². The Labute approximate surface area is 237 Å². The molecule has 0 radical (unpaired) electrons. The van der Waals surface area contributed by atoms with Crippen molar-refractivity contribution in [3.05, 3.63) is 146 Å². The Morgan fingerprint density at radius 3 is 2.00 bits per heavy atom. The van der Waals surface area contributed by atoms with Crippen LogP contribution >= 0.6 is 0 Å². The van der Waals surface area contributed by atoms with Gasteiger partial charge in [0.2, 0.25) is 5.89 Å². The molecule has 0 aliphatic carbocycles. The molecule has 192 valence electrons. The average molecular weight is 525 g/mol. The third kappa shape index (κ3) is 4.16. The van der Waals surface area contributed by atoms with Crippen LogP contribution in [-0.2, 0) is 0 Å². The Bertz CT molecular complexity index is 2200. The summed E-state index contributed by atoms with van der Waals surface area (Å²) in [6, 6.07) is 46.7. The molecule has 0 bridgehead atoms. The average Bonchev–Trinajstić information content (AvgIpc) is 3.49. The van der Waals surface area contributed by atoms with Crippen LogP contribution in [0.2, 0.25) is 0 Å². The number of hydrogen-bond donors (Lipinski definition) is 0. The molecule has 0 spiro atoms. The molecule has 0 saturated carbocycles. The lowest BCUT2D eigenvalue weighted by Gasteiger charge is -2.10. The highest BCUT2D eigenvalue weighted by molar-refractivity contribution is 6.14. The lowest BCUT2D eigenvalue weighted by atomic mass is 9.93. The van der Waals surface area contributed by atoms with Crippen molar-refractivity contribution in [1.29, 1.82) is 0 Å². The summed E-state index contributed by atoms with van der Waals surface area (Å²) in [5, 5.41) is 4.98. The van der Waals surface area contributed by atoms with Crippen molar-refractivity contribution < 1.29 is 4.42 Å². The van der Waals surface area contributed by atoms with Crippen LogP contribution in [0.25, 0.3) is 77.5 Å². The Morgan fingerprint density at radius 2 is 1.17 bits per heavy atom. The van der Waals surface area contributed by atoms with Crippen LogP contribution in [0.4, 0.5) is 0 Å². The molecule has 3 nitrogen and oxygen atoms in total. The van der Waals surface area contributed by atoms with Gasteiger partial charge < -0.3 is 4.42 Å². The van der Waals surface area contributed by atoms with E-state index >= 15 is 0 Å². The maximum atomic E-state index is 6.32. The Balaban J connectivity index is 1.15. The molecule has 0 saturated heterocycles. The quantitative estimate of drug-likeness (QED) is 0.215. The molecule has 0 unspecified atom stereocenters. The number of nitrogens with zero attached hydrogens (tertiary/aromatic N) is 2. The van der Waals surface area contributed by atoms with E-state index in [4.69, 9.17) is 9.40 Å². The minimum Gasteiger partial charge on any atom is -0.436 e. The summed E-state index contributed by atoms with van der Waals surface area (Å²) in [5.41, 5.74) is 9.44. The number of aromatic nitrogens is 2. The van der Waals surface area contributed by atoms with Gasteiger partial charge in [0.25, 0.3) is 0 Å². The van der Waals surface area contributed by atoms with E-state index in [-0.39, 0.29) is 0 Å². The van der Waals surface area contributed by atoms with E-state index in [0.29, 0.717) is 5.89 Å². The van der Waals surface area contributed by atoms with Gasteiger partial charge in [-0.1, -0.05) is 91.0 Å². The second-order valence-electron chi connectivity index (χ2n) is 10.3. The molecule has 2 heterocycles. The number of fused-ring (bicyclic) bond motifs is 4. The second kappa shape index (κ2) is 9.58. The fraction of sp³-hybridized carbons (Fsp3) is 0. The van der Waals surface area contributed by atoms with Crippen molar-refractivity contribution in [3.63, 3.8) is 0 Å². The van der Waals surface area contributed by atoms with Crippen LogP contribution in [0.3, 0.4) is 0 Å². The van der Waals surface area contributed by atoms with E-state index in [1.807, 2.05) is 12.3 Å². The fourth-order valence-corrected chi connectivity index (χ4v) is 5.73. The molecule has 6 aromatic carbocycles. The number of rotatable bonds is 4. The predicted octanol–water partition coefficient (Wildman–Crippen LogP) is 10.2. The summed E-state index contributed by atoms with van der Waals surface area (Å²) in [6.45, 7) is 0. The maximum absolute atomic E-state index is 6.32. The van der Waals surface area contributed by atoms with Crippen molar-refractivity contribution in [2.45, 2.75) is 0 Å². The van der Waals surface area contributed by atoms with Gasteiger partial charge in [-0.2, -0.15) is 0 Å². The SMILES string of the molecule is c1cncc(-c2cccc(-c3ccc(-c4nc5ccc(-c6cc7ccccc7c7ccccc67)cc5o4)cc3)c2)c1. The maximum Gasteiger partial charge on any atom is 0.227 e. The van der Waals surface area contributed by atoms with Gasteiger partial charge in [0, 0.05) is 23.5 Å². The number of oxazole rings is 1. The molecule has 41 heavy (non-hydrogen) atoms. The van der Waals surface area contributed by atoms with Crippen LogP contribution in [0.5, 0.6) is 0 Å². The Morgan fingerprint density at radius 1 is 0.463 bits per heavy atom. The van der Waals surface area contributed by atoms with E-state index in [2.05, 4.69) is 132 Å². The number of benzene rings is 6. The molecule has 0 fully saturated rings. The van der Waals surface area contributed by atoms with E-state index in [1.54, 1.807) is 6.20 Å². The summed E-state index contributed by atoms with van der Waals surface area (Å²) >= 11 is 0. The monoisotopic (exact) mass is 524 g/mol. The second-order valence-corrected chi connectivity index (χ2v) is 10.3. The van der Waals surface area contributed by atoms with E-state index < -0.39 is 0 Å². The first-order valence-electron chi connectivity index (χ1n) is 13.7. The van der Waals surface area contributed by atoms with Gasteiger partial charge in [-0.05, 0) is 91.8 Å². The summed E-state index contributed by atoms with van der Waals surface area (Å²) < 4.78 is 6.32. The summed E-state index contributed by atoms with van der Waals surface area (Å²) in [4.78, 5) is 9.07. The molecule has 2 aromatic heterocycles. The molecular formula is C38H24N2O. The normalized spacial score (nSPS) is 11.4. The minimum atomic E-state index is 0.621. The molecule has 0 N–H and O–H groups in total. The topological polar surface area (TPSA) is 38.9 Å². The molecule has 0 aliphatic heterocycles. The van der Waals surface area contributed by atoms with Gasteiger partial charge in [-0.15, -0.1) is 0 Å². The zero-order valence-electron chi connectivity index (χ0n) is 22.2. The van der Waals surface area contributed by atoms with Gasteiger partial charge in [0.1, 0.15) is 5.52 Å². The first-order chi connectivity index (χ1) is 20.3. The standard InChI is InChI=1S/C38H24N2O/c1-2-11-32-29(7-1)22-35(34-13-4-3-12-33(32)34)30-18-19-36-37(23-30)41-38(40-36)26-16-14-25(15-17-26)27-8-5-9-28(21-27)31-10-6-20-39-24-31/h1-24H. The predicted molar refractivity (Wildman–Crippen MR) is 169 cm³/mol.